The van der Waals surface area contributed by atoms with Crippen molar-refractivity contribution in [1.29, 1.82) is 0 Å². The first-order valence-electron chi connectivity index (χ1n) is 21.8. The van der Waals surface area contributed by atoms with Crippen molar-refractivity contribution < 1.29 is 120 Å². The quantitative estimate of drug-likeness (QED) is 0.0658. The number of benzene rings is 6. The van der Waals surface area contributed by atoms with Crippen LogP contribution < -0.4 is 26.4 Å². The largest absolute Gasteiger partial charge is 0.416 e. The third kappa shape index (κ3) is 13.5. The maximum absolute atomic E-state index is 14.2. The van der Waals surface area contributed by atoms with Gasteiger partial charge in [-0.1, -0.05) is 84.9 Å². The van der Waals surface area contributed by atoms with E-state index < -0.39 is 195 Å². The molecule has 0 spiro atoms. The highest BCUT2D eigenvalue weighted by atomic mass is 19.4. The highest BCUT2D eigenvalue weighted by Gasteiger charge is 2.47. The molecule has 0 aliphatic carbocycles. The fourth-order valence-electron chi connectivity index (χ4n) is 8.70. The number of alkyl halides is 24. The first-order chi connectivity index (χ1) is 35.9. The number of carbonyl (C=O) groups is 2. The summed E-state index contributed by atoms with van der Waals surface area (Å²) in [5, 5.41) is 1.08. The number of nitrogens with zero attached hydrogens (tertiary/aromatic N) is 1. The van der Waals surface area contributed by atoms with Crippen molar-refractivity contribution in [3.63, 3.8) is 0 Å². The number of hydrogen-bond donors (Lipinski definition) is 0. The molecule has 0 radical (unpaired) electrons. The van der Waals surface area contributed by atoms with Crippen molar-refractivity contribution >= 4 is 50.5 Å². The molecule has 6 aromatic carbocycles. The van der Waals surface area contributed by atoms with E-state index in [-0.39, 0.29) is 18.1 Å². The fourth-order valence-corrected chi connectivity index (χ4v) is 8.70. The summed E-state index contributed by atoms with van der Waals surface area (Å²) in [5.41, 5.74) is -28.2. The van der Waals surface area contributed by atoms with Crippen molar-refractivity contribution in [2.45, 2.75) is 62.9 Å². The van der Waals surface area contributed by atoms with Crippen LogP contribution in [0.4, 0.5) is 105 Å². The van der Waals surface area contributed by atoms with E-state index in [1.54, 1.807) is 24.3 Å². The number of carbonyl (C=O) groups excluding carboxylic acids is 2. The molecule has 0 N–H and O–H groups in total. The molecule has 420 valence electrons. The Hall–Kier alpha value is -7.55. The summed E-state index contributed by atoms with van der Waals surface area (Å²) < 4.78 is 343. The van der Waals surface area contributed by atoms with Gasteiger partial charge in [0, 0.05) is 28.6 Å². The molecule has 0 saturated carbocycles. The predicted octanol–water partition coefficient (Wildman–Crippen LogP) is 14.4. The molecule has 0 aliphatic rings. The number of Topliss-reactive ketones (excluding diaryl/α,β-unsaturated/α-hetero) is 2. The maximum atomic E-state index is 14.2. The van der Waals surface area contributed by atoms with Gasteiger partial charge in [-0.3, -0.25) is 9.59 Å². The molecule has 1 heterocycles. The van der Waals surface area contributed by atoms with Gasteiger partial charge in [-0.2, -0.15) is 132 Å². The topological polar surface area (TPSA) is 38.0 Å². The minimum atomic E-state index is -6.13. The molecule has 79 heavy (non-hydrogen) atoms. The van der Waals surface area contributed by atoms with E-state index in [9.17, 15) is 115 Å². The van der Waals surface area contributed by atoms with Gasteiger partial charge in [-0.25, -0.2) is 0 Å². The molecule has 0 unspecified atom stereocenters. The third-order valence-corrected chi connectivity index (χ3v) is 12.1. The van der Waals surface area contributed by atoms with Crippen LogP contribution >= 0.6 is 0 Å². The SMILES string of the molecule is CC(=O)c1ccccc1C(=O)C[n+]1cccc2ccccc21.FC(F)(F)c1cc([B-](c2cc(C(F)(F)F)cc(C(F)(F)F)c2)(c2cc(C(F)(F)F)cc(C(F)(F)F)c2)c2cc(C(F)(F)F)cc(C(F)(F)F)c2)cc(C(F)(F)F)c1. The Morgan fingerprint density at radius 2 is 0.608 bits per heavy atom. The number of aromatic nitrogens is 1. The summed E-state index contributed by atoms with van der Waals surface area (Å²) in [6, 6.07) is 10.0. The lowest BCUT2D eigenvalue weighted by molar-refractivity contribution is -0.657. The van der Waals surface area contributed by atoms with Crippen LogP contribution in [0, 0.1) is 0 Å². The second kappa shape index (κ2) is 20.9. The molecule has 7 rings (SSSR count). The van der Waals surface area contributed by atoms with Crippen LogP contribution in [0.25, 0.3) is 10.9 Å². The molecule has 0 amide bonds. The minimum Gasteiger partial charge on any atom is -0.294 e. The van der Waals surface area contributed by atoms with E-state index in [1.807, 2.05) is 47.2 Å². The molecular formula is C51H28BF24NO2. The van der Waals surface area contributed by atoms with E-state index in [0.29, 0.717) is 11.1 Å². The van der Waals surface area contributed by atoms with Gasteiger partial charge in [0.2, 0.25) is 17.8 Å². The van der Waals surface area contributed by atoms with E-state index in [4.69, 9.17) is 0 Å². The van der Waals surface area contributed by atoms with Crippen LogP contribution in [0.3, 0.4) is 0 Å². The molecule has 0 bridgehead atoms. The highest BCUT2D eigenvalue weighted by molar-refractivity contribution is 7.20. The molecule has 3 nitrogen and oxygen atoms in total. The van der Waals surface area contributed by atoms with Gasteiger partial charge in [-0.05, 0) is 43.3 Å². The lowest BCUT2D eigenvalue weighted by Crippen LogP contribution is -2.75. The summed E-state index contributed by atoms with van der Waals surface area (Å²) >= 11 is 0. The van der Waals surface area contributed by atoms with Crippen LogP contribution in [0.5, 0.6) is 0 Å². The van der Waals surface area contributed by atoms with Gasteiger partial charge in [0.1, 0.15) is 6.15 Å². The number of ketones is 2. The Bertz CT molecular complexity index is 2990. The van der Waals surface area contributed by atoms with Crippen molar-refractivity contribution in [3.05, 3.63) is 195 Å². The number of fused-ring (bicyclic) bond motifs is 1. The summed E-state index contributed by atoms with van der Waals surface area (Å²) in [7, 11) is 0. The van der Waals surface area contributed by atoms with Crippen LogP contribution in [0.1, 0.15) is 72.1 Å². The first kappa shape index (κ1) is 60.7. The van der Waals surface area contributed by atoms with E-state index >= 15 is 0 Å². The Labute approximate surface area is 427 Å². The number of halogens is 24. The monoisotopic (exact) mass is 1150 g/mol. The lowest BCUT2D eigenvalue weighted by Gasteiger charge is -2.46. The summed E-state index contributed by atoms with van der Waals surface area (Å²) in [4.78, 5) is 24.3. The molecule has 28 heteroatoms. The van der Waals surface area contributed by atoms with Crippen molar-refractivity contribution in [1.82, 2.24) is 0 Å². The summed E-state index contributed by atoms with van der Waals surface area (Å²) in [5.74, 6) is -0.154. The number of pyridine rings is 1. The second-order valence-corrected chi connectivity index (χ2v) is 17.4. The number of para-hydroxylation sites is 1. The minimum absolute atomic E-state index is 0.0628. The Kier molecular flexibility index (Phi) is 16.1. The predicted molar refractivity (Wildman–Crippen MR) is 235 cm³/mol. The molecular weight excluding hydrogens is 1130 g/mol. The van der Waals surface area contributed by atoms with E-state index in [2.05, 4.69) is 0 Å². The number of hydrogen-bond acceptors (Lipinski definition) is 2. The molecule has 1 aromatic heterocycles. The first-order valence-corrected chi connectivity index (χ1v) is 21.8. The smallest absolute Gasteiger partial charge is 0.294 e. The van der Waals surface area contributed by atoms with E-state index in [1.165, 1.54) is 6.92 Å². The maximum Gasteiger partial charge on any atom is 0.416 e. The number of rotatable bonds is 8. The van der Waals surface area contributed by atoms with Crippen LogP contribution in [-0.2, 0) is 56.0 Å². The van der Waals surface area contributed by atoms with Gasteiger partial charge >= 0.3 is 49.4 Å². The third-order valence-electron chi connectivity index (χ3n) is 12.1. The van der Waals surface area contributed by atoms with Gasteiger partial charge in [0.25, 0.3) is 0 Å². The zero-order valence-electron chi connectivity index (χ0n) is 38.9. The average Bonchev–Trinajstić information content (AvgIpc) is 3.54. The van der Waals surface area contributed by atoms with Gasteiger partial charge in [0.15, 0.2) is 12.0 Å². The Balaban J connectivity index is 0.000000378. The Morgan fingerprint density at radius 3 is 0.886 bits per heavy atom. The lowest BCUT2D eigenvalue weighted by atomic mass is 9.12. The van der Waals surface area contributed by atoms with Gasteiger partial charge in [0.05, 0.1) is 44.5 Å². The van der Waals surface area contributed by atoms with Gasteiger partial charge < -0.3 is 0 Å². The molecule has 0 aliphatic heterocycles. The fraction of sp³-hybridized carbons (Fsp3) is 0.196. The molecule has 7 aromatic rings. The van der Waals surface area contributed by atoms with E-state index in [0.717, 1.165) is 10.9 Å². The molecule has 0 atom stereocenters. The molecule has 0 fully saturated rings. The normalized spacial score (nSPS) is 13.3. The van der Waals surface area contributed by atoms with Crippen LogP contribution in [-0.4, -0.2) is 17.7 Å². The summed E-state index contributed by atoms with van der Waals surface area (Å²) in [6.45, 7) is 1.70. The molecule has 0 saturated heterocycles. The summed E-state index contributed by atoms with van der Waals surface area (Å²) in [6.07, 6.45) is -52.9. The second-order valence-electron chi connectivity index (χ2n) is 17.4. The van der Waals surface area contributed by atoms with Crippen LogP contribution in [0.15, 0.2) is 140 Å². The zero-order valence-corrected chi connectivity index (χ0v) is 38.9. The van der Waals surface area contributed by atoms with Crippen molar-refractivity contribution in [3.8, 4) is 0 Å². The zero-order chi connectivity index (χ0) is 59.4. The van der Waals surface area contributed by atoms with Gasteiger partial charge in [-0.15, -0.1) is 0 Å². The van der Waals surface area contributed by atoms with Crippen molar-refractivity contribution in [2.75, 3.05) is 0 Å². The van der Waals surface area contributed by atoms with Crippen LogP contribution in [0.2, 0.25) is 0 Å². The highest BCUT2D eigenvalue weighted by Crippen LogP contribution is 2.41. The standard InChI is InChI=1S/C32H12BF24.C19H16NO2/c34-25(35,36)13-1-14(26(37,38)39)6-21(5-13)33(22-7-15(27(40,41)42)2-16(8-22)28(43,44)45,23-9-17(29(46,47)48)3-18(10-23)30(49,50)51)24-11-19(31(52,53)54)4-20(12-24)32(55,56)57;1-14(21)16-9-3-4-10-17(16)19(22)13-20-12-6-8-15-7-2-5-11-18(15)20/h1-12H;2-12H,13H2,1H3/q-1;+1. The average molecular weight is 1150 g/mol. The Morgan fingerprint density at radius 1 is 0.354 bits per heavy atom. The van der Waals surface area contributed by atoms with Crippen molar-refractivity contribution in [2.24, 2.45) is 0 Å².